The van der Waals surface area contributed by atoms with E-state index in [4.69, 9.17) is 0 Å². The number of nitrogens with zero attached hydrogens (tertiary/aromatic N) is 3. The molecule has 7 heteroatoms. The third-order valence-electron chi connectivity index (χ3n) is 4.54. The van der Waals surface area contributed by atoms with Gasteiger partial charge in [-0.25, -0.2) is 9.78 Å². The molecule has 1 aromatic carbocycles. The van der Waals surface area contributed by atoms with E-state index in [-0.39, 0.29) is 12.3 Å². The highest BCUT2D eigenvalue weighted by Gasteiger charge is 2.34. The first-order valence-corrected chi connectivity index (χ1v) is 9.04. The number of carbonyl (C=O) groups excluding carboxylic acids is 1. The van der Waals surface area contributed by atoms with E-state index in [1.165, 1.54) is 16.2 Å². The highest BCUT2D eigenvalue weighted by atomic mass is 32.1. The van der Waals surface area contributed by atoms with Gasteiger partial charge in [-0.1, -0.05) is 30.3 Å². The summed E-state index contributed by atoms with van der Waals surface area (Å²) in [6, 6.07) is 9.20. The van der Waals surface area contributed by atoms with Gasteiger partial charge in [-0.05, 0) is 12.8 Å². The average Bonchev–Trinajstić information content (AvgIpc) is 3.32. The van der Waals surface area contributed by atoms with Crippen LogP contribution in [-0.2, 0) is 16.0 Å². The molecule has 0 bridgehead atoms. The molecule has 4 rings (SSSR count). The predicted octanol–water partition coefficient (Wildman–Crippen LogP) is 2.68. The summed E-state index contributed by atoms with van der Waals surface area (Å²) in [5.74, 6) is -1.06. The standard InChI is InChI=1S/C18H17N3O3S/c22-16(20-8-4-7-15(20)17(23)24)9-13-11-25-18-19-14(10-21(13)18)12-5-2-1-3-6-12/h1-3,5-6,10-11,15H,4,7-9H2,(H,23,24). The van der Waals surface area contributed by atoms with Gasteiger partial charge >= 0.3 is 5.97 Å². The van der Waals surface area contributed by atoms with Gasteiger partial charge < -0.3 is 10.0 Å². The minimum Gasteiger partial charge on any atom is -0.480 e. The summed E-state index contributed by atoms with van der Waals surface area (Å²) < 4.78 is 1.93. The van der Waals surface area contributed by atoms with Gasteiger partial charge in [-0.15, -0.1) is 11.3 Å². The quantitative estimate of drug-likeness (QED) is 0.781. The van der Waals surface area contributed by atoms with Gasteiger partial charge in [-0.2, -0.15) is 0 Å². The van der Waals surface area contributed by atoms with Crippen LogP contribution in [0.5, 0.6) is 0 Å². The summed E-state index contributed by atoms with van der Waals surface area (Å²) in [7, 11) is 0. The monoisotopic (exact) mass is 355 g/mol. The lowest BCUT2D eigenvalue weighted by atomic mass is 10.2. The molecule has 0 aliphatic carbocycles. The fraction of sp³-hybridized carbons (Fsp3) is 0.278. The molecule has 0 spiro atoms. The molecule has 2 aromatic heterocycles. The normalized spacial score (nSPS) is 17.3. The number of likely N-dealkylation sites (tertiary alicyclic amines) is 1. The number of hydrogen-bond donors (Lipinski definition) is 1. The number of hydrogen-bond acceptors (Lipinski definition) is 4. The van der Waals surface area contributed by atoms with E-state index < -0.39 is 12.0 Å². The predicted molar refractivity (Wildman–Crippen MR) is 94.6 cm³/mol. The Morgan fingerprint density at radius 3 is 2.84 bits per heavy atom. The van der Waals surface area contributed by atoms with Gasteiger partial charge in [0, 0.05) is 29.4 Å². The maximum Gasteiger partial charge on any atom is 0.326 e. The van der Waals surface area contributed by atoms with Crippen LogP contribution in [0.15, 0.2) is 41.9 Å². The second-order valence-corrected chi connectivity index (χ2v) is 6.97. The molecule has 1 atom stereocenters. The number of carbonyl (C=O) groups is 2. The highest BCUT2D eigenvalue weighted by Crippen LogP contribution is 2.25. The summed E-state index contributed by atoms with van der Waals surface area (Å²) in [5.41, 5.74) is 2.74. The molecule has 1 fully saturated rings. The van der Waals surface area contributed by atoms with Crippen molar-refractivity contribution in [1.82, 2.24) is 14.3 Å². The molecule has 1 aliphatic rings. The number of rotatable bonds is 4. The number of amides is 1. The molecule has 3 aromatic rings. The van der Waals surface area contributed by atoms with Crippen molar-refractivity contribution in [2.75, 3.05) is 6.54 Å². The Kier molecular flexibility index (Phi) is 4.01. The molecule has 6 nitrogen and oxygen atoms in total. The molecular weight excluding hydrogens is 338 g/mol. The average molecular weight is 355 g/mol. The van der Waals surface area contributed by atoms with Gasteiger partial charge in [0.1, 0.15) is 6.04 Å². The molecule has 0 radical (unpaired) electrons. The topological polar surface area (TPSA) is 74.9 Å². The summed E-state index contributed by atoms with van der Waals surface area (Å²) >= 11 is 1.49. The summed E-state index contributed by atoms with van der Waals surface area (Å²) in [6.45, 7) is 0.516. The van der Waals surface area contributed by atoms with Crippen molar-refractivity contribution in [3.8, 4) is 11.3 Å². The number of fused-ring (bicyclic) bond motifs is 1. The lowest BCUT2D eigenvalue weighted by Gasteiger charge is -2.21. The number of aromatic nitrogens is 2. The Morgan fingerprint density at radius 2 is 2.08 bits per heavy atom. The maximum absolute atomic E-state index is 12.6. The fourth-order valence-electron chi connectivity index (χ4n) is 3.28. The van der Waals surface area contributed by atoms with E-state index in [0.717, 1.165) is 28.3 Å². The smallest absolute Gasteiger partial charge is 0.326 e. The molecule has 1 N–H and O–H groups in total. The number of benzene rings is 1. The Bertz CT molecular complexity index is 932. The van der Waals surface area contributed by atoms with Crippen LogP contribution >= 0.6 is 11.3 Å². The first kappa shape index (κ1) is 15.8. The van der Waals surface area contributed by atoms with Gasteiger partial charge in [0.2, 0.25) is 5.91 Å². The first-order chi connectivity index (χ1) is 12.1. The second-order valence-electron chi connectivity index (χ2n) is 6.13. The number of carboxylic acid groups (broad SMARTS) is 1. The van der Waals surface area contributed by atoms with E-state index in [1.807, 2.05) is 46.3 Å². The zero-order valence-electron chi connectivity index (χ0n) is 13.5. The zero-order valence-corrected chi connectivity index (χ0v) is 14.3. The lowest BCUT2D eigenvalue weighted by molar-refractivity contribution is -0.148. The van der Waals surface area contributed by atoms with Gasteiger partial charge in [0.05, 0.1) is 12.1 Å². The van der Waals surface area contributed by atoms with Crippen LogP contribution in [-0.4, -0.2) is 43.9 Å². The van der Waals surface area contributed by atoms with E-state index in [2.05, 4.69) is 4.98 Å². The van der Waals surface area contributed by atoms with Crippen molar-refractivity contribution in [2.45, 2.75) is 25.3 Å². The second kappa shape index (κ2) is 6.33. The number of imidazole rings is 1. The molecule has 1 aliphatic heterocycles. The van der Waals surface area contributed by atoms with Gasteiger partial charge in [0.15, 0.2) is 4.96 Å². The Balaban J connectivity index is 1.59. The zero-order chi connectivity index (χ0) is 17.4. The summed E-state index contributed by atoms with van der Waals surface area (Å²) in [4.78, 5) is 30.8. The van der Waals surface area contributed by atoms with Crippen molar-refractivity contribution in [3.63, 3.8) is 0 Å². The Labute approximate surface area is 148 Å². The third-order valence-corrected chi connectivity index (χ3v) is 5.43. The van der Waals surface area contributed by atoms with Crippen LogP contribution < -0.4 is 0 Å². The van der Waals surface area contributed by atoms with Crippen LogP contribution in [0.1, 0.15) is 18.5 Å². The van der Waals surface area contributed by atoms with Gasteiger partial charge in [-0.3, -0.25) is 9.20 Å². The van der Waals surface area contributed by atoms with Crippen molar-refractivity contribution >= 4 is 28.2 Å². The van der Waals surface area contributed by atoms with Crippen molar-refractivity contribution in [2.24, 2.45) is 0 Å². The highest BCUT2D eigenvalue weighted by molar-refractivity contribution is 7.15. The molecule has 1 saturated heterocycles. The number of carboxylic acids is 1. The summed E-state index contributed by atoms with van der Waals surface area (Å²) in [6.07, 6.45) is 3.39. The first-order valence-electron chi connectivity index (χ1n) is 8.16. The largest absolute Gasteiger partial charge is 0.480 e. The molecule has 1 unspecified atom stereocenters. The maximum atomic E-state index is 12.6. The van der Waals surface area contributed by atoms with Crippen LogP contribution in [0.4, 0.5) is 0 Å². The van der Waals surface area contributed by atoms with Crippen LogP contribution in [0.3, 0.4) is 0 Å². The van der Waals surface area contributed by atoms with Gasteiger partial charge in [0.25, 0.3) is 0 Å². The SMILES string of the molecule is O=C(O)C1CCCN1C(=O)Cc1csc2nc(-c3ccccc3)cn12. The van der Waals surface area contributed by atoms with Crippen molar-refractivity contribution in [3.05, 3.63) is 47.6 Å². The van der Waals surface area contributed by atoms with E-state index >= 15 is 0 Å². The van der Waals surface area contributed by atoms with Crippen molar-refractivity contribution < 1.29 is 14.7 Å². The van der Waals surface area contributed by atoms with E-state index in [1.54, 1.807) is 0 Å². The number of aliphatic carboxylic acids is 1. The molecular formula is C18H17N3O3S. The summed E-state index contributed by atoms with van der Waals surface area (Å²) in [5, 5.41) is 11.2. The molecule has 1 amide bonds. The van der Waals surface area contributed by atoms with Crippen LogP contribution in [0.2, 0.25) is 0 Å². The molecule has 25 heavy (non-hydrogen) atoms. The minimum atomic E-state index is -0.921. The van der Waals surface area contributed by atoms with Crippen molar-refractivity contribution in [1.29, 1.82) is 0 Å². The fourth-order valence-corrected chi connectivity index (χ4v) is 4.16. The van der Waals surface area contributed by atoms with E-state index in [9.17, 15) is 14.7 Å². The molecule has 128 valence electrons. The van der Waals surface area contributed by atoms with E-state index in [0.29, 0.717) is 13.0 Å². The Hall–Kier alpha value is -2.67. The third kappa shape index (κ3) is 2.91. The van der Waals surface area contributed by atoms with Crippen LogP contribution in [0, 0.1) is 0 Å². The number of thiazole rings is 1. The minimum absolute atomic E-state index is 0.139. The molecule has 3 heterocycles. The lowest BCUT2D eigenvalue weighted by Crippen LogP contribution is -2.41. The Morgan fingerprint density at radius 1 is 1.28 bits per heavy atom. The van der Waals surface area contributed by atoms with Crippen LogP contribution in [0.25, 0.3) is 16.2 Å². The molecule has 0 saturated carbocycles.